The molecule has 2 aromatic carbocycles. The van der Waals surface area contributed by atoms with E-state index in [4.69, 9.17) is 9.72 Å². The van der Waals surface area contributed by atoms with Gasteiger partial charge in [0.1, 0.15) is 11.6 Å². The average Bonchev–Trinajstić information content (AvgIpc) is 3.03. The third kappa shape index (κ3) is 5.59. The van der Waals surface area contributed by atoms with Crippen molar-refractivity contribution < 1.29 is 9.53 Å². The maximum absolute atomic E-state index is 12.1. The molecule has 1 aromatic heterocycles. The number of fused-ring (bicyclic) bond motifs is 1. The van der Waals surface area contributed by atoms with Gasteiger partial charge in [-0.2, -0.15) is 0 Å². The number of aromatic nitrogens is 2. The van der Waals surface area contributed by atoms with Crippen molar-refractivity contribution in [3.8, 4) is 5.75 Å². The lowest BCUT2D eigenvalue weighted by Gasteiger charge is -2.17. The molecule has 3 aromatic rings. The number of hydrogen-bond donors (Lipinski definition) is 1. The molecule has 0 saturated carbocycles. The number of amides is 1. The van der Waals surface area contributed by atoms with E-state index >= 15 is 0 Å². The first kappa shape index (κ1) is 20.9. The van der Waals surface area contributed by atoms with Crippen LogP contribution < -0.4 is 10.1 Å². The van der Waals surface area contributed by atoms with Crippen molar-refractivity contribution in [1.29, 1.82) is 0 Å². The lowest BCUT2D eigenvalue weighted by Crippen LogP contribution is -2.36. The summed E-state index contributed by atoms with van der Waals surface area (Å²) in [6, 6.07) is 16.3. The minimum absolute atomic E-state index is 0.0617. The number of nitrogens with one attached hydrogen (secondary N) is 1. The van der Waals surface area contributed by atoms with E-state index in [-0.39, 0.29) is 11.3 Å². The Morgan fingerprint density at radius 3 is 2.55 bits per heavy atom. The zero-order valence-corrected chi connectivity index (χ0v) is 17.9. The third-order valence-electron chi connectivity index (χ3n) is 4.86. The number of aryl methyl sites for hydroxylation is 2. The smallest absolute Gasteiger partial charge is 0.225 e. The van der Waals surface area contributed by atoms with Gasteiger partial charge in [-0.25, -0.2) is 4.98 Å². The summed E-state index contributed by atoms with van der Waals surface area (Å²) < 4.78 is 8.12. The molecular formula is C24H31N3O2. The summed E-state index contributed by atoms with van der Waals surface area (Å²) in [5, 5.41) is 3.02. The molecule has 0 atom stereocenters. The molecule has 5 nitrogen and oxygen atoms in total. The average molecular weight is 394 g/mol. The van der Waals surface area contributed by atoms with Crippen LogP contribution in [0.3, 0.4) is 0 Å². The molecular weight excluding hydrogens is 362 g/mol. The Hall–Kier alpha value is -2.82. The van der Waals surface area contributed by atoms with Crippen molar-refractivity contribution in [3.63, 3.8) is 0 Å². The quantitative estimate of drug-likeness (QED) is 0.573. The summed E-state index contributed by atoms with van der Waals surface area (Å²) >= 11 is 0. The van der Waals surface area contributed by atoms with E-state index in [0.29, 0.717) is 19.6 Å². The Labute approximate surface area is 173 Å². The first-order chi connectivity index (χ1) is 13.8. The predicted molar refractivity (Wildman–Crippen MR) is 117 cm³/mol. The van der Waals surface area contributed by atoms with Gasteiger partial charge in [0.05, 0.1) is 17.6 Å². The molecule has 0 aliphatic heterocycles. The lowest BCUT2D eigenvalue weighted by molar-refractivity contribution is -0.128. The number of benzene rings is 2. The van der Waals surface area contributed by atoms with Crippen LogP contribution in [0.5, 0.6) is 5.75 Å². The van der Waals surface area contributed by atoms with Gasteiger partial charge in [0, 0.05) is 24.9 Å². The minimum atomic E-state index is -0.381. The van der Waals surface area contributed by atoms with E-state index in [9.17, 15) is 4.79 Å². The Balaban J connectivity index is 1.62. The first-order valence-electron chi connectivity index (χ1n) is 10.3. The van der Waals surface area contributed by atoms with Crippen LogP contribution in [-0.4, -0.2) is 28.6 Å². The van der Waals surface area contributed by atoms with Crippen molar-refractivity contribution in [2.24, 2.45) is 5.41 Å². The molecule has 5 heteroatoms. The number of carbonyl (C=O) groups is 1. The molecule has 0 aliphatic rings. The number of nitrogens with zero attached hydrogens (tertiary/aromatic N) is 2. The second-order valence-corrected chi connectivity index (χ2v) is 8.44. The maximum Gasteiger partial charge on any atom is 0.225 e. The molecule has 0 aliphatic carbocycles. The van der Waals surface area contributed by atoms with E-state index in [2.05, 4.69) is 35.0 Å². The number of carbonyl (C=O) groups excluding carboxylic acids is 1. The normalized spacial score (nSPS) is 11.6. The second-order valence-electron chi connectivity index (χ2n) is 8.44. The fourth-order valence-electron chi connectivity index (χ4n) is 3.17. The summed E-state index contributed by atoms with van der Waals surface area (Å²) in [6.45, 7) is 9.90. The number of hydrogen-bond acceptors (Lipinski definition) is 3. The van der Waals surface area contributed by atoms with Crippen molar-refractivity contribution in [3.05, 3.63) is 59.9 Å². The van der Waals surface area contributed by atoms with Gasteiger partial charge in [0.2, 0.25) is 5.91 Å². The fourth-order valence-corrected chi connectivity index (χ4v) is 3.17. The van der Waals surface area contributed by atoms with Crippen LogP contribution in [0.4, 0.5) is 0 Å². The topological polar surface area (TPSA) is 56.1 Å². The van der Waals surface area contributed by atoms with Crippen LogP contribution in [0, 0.1) is 12.3 Å². The van der Waals surface area contributed by atoms with Crippen LogP contribution in [0.15, 0.2) is 48.5 Å². The molecule has 0 bridgehead atoms. The molecule has 1 N–H and O–H groups in total. The van der Waals surface area contributed by atoms with E-state index in [0.717, 1.165) is 35.6 Å². The van der Waals surface area contributed by atoms with Crippen molar-refractivity contribution in [1.82, 2.24) is 14.9 Å². The van der Waals surface area contributed by atoms with Crippen LogP contribution in [0.1, 0.15) is 38.6 Å². The molecule has 29 heavy (non-hydrogen) atoms. The summed E-state index contributed by atoms with van der Waals surface area (Å²) in [5.41, 5.74) is 2.96. The highest BCUT2D eigenvalue weighted by Gasteiger charge is 2.20. The molecule has 0 radical (unpaired) electrons. The summed E-state index contributed by atoms with van der Waals surface area (Å²) in [5.74, 6) is 1.96. The monoisotopic (exact) mass is 393 g/mol. The van der Waals surface area contributed by atoms with Crippen molar-refractivity contribution in [2.75, 3.05) is 13.2 Å². The van der Waals surface area contributed by atoms with Gasteiger partial charge in [-0.15, -0.1) is 0 Å². The molecule has 3 rings (SSSR count). The second kappa shape index (κ2) is 9.12. The molecule has 0 saturated heterocycles. The standard InChI is InChI=1S/C24H31N3O2/c1-18-10-12-19(13-11-18)29-17-7-16-27-21-9-6-5-8-20(21)26-22(27)14-15-25-23(28)24(2,3)4/h5-6,8-13H,7,14-17H2,1-4H3,(H,25,28). The van der Waals surface area contributed by atoms with Crippen LogP contribution in [-0.2, 0) is 17.8 Å². The van der Waals surface area contributed by atoms with Gasteiger partial charge in [0.15, 0.2) is 0 Å². The highest BCUT2D eigenvalue weighted by atomic mass is 16.5. The van der Waals surface area contributed by atoms with Gasteiger partial charge >= 0.3 is 0 Å². The summed E-state index contributed by atoms with van der Waals surface area (Å²) in [7, 11) is 0. The zero-order chi connectivity index (χ0) is 20.9. The van der Waals surface area contributed by atoms with E-state index in [1.54, 1.807) is 0 Å². The van der Waals surface area contributed by atoms with Gasteiger partial charge in [-0.05, 0) is 37.6 Å². The number of ether oxygens (including phenoxy) is 1. The molecule has 0 spiro atoms. The number of rotatable bonds is 8. The Kier molecular flexibility index (Phi) is 6.57. The highest BCUT2D eigenvalue weighted by Crippen LogP contribution is 2.18. The Morgan fingerprint density at radius 2 is 1.83 bits per heavy atom. The zero-order valence-electron chi connectivity index (χ0n) is 17.9. The van der Waals surface area contributed by atoms with Crippen molar-refractivity contribution >= 4 is 16.9 Å². The van der Waals surface area contributed by atoms with E-state index in [1.807, 2.05) is 51.1 Å². The number of para-hydroxylation sites is 2. The maximum atomic E-state index is 12.1. The van der Waals surface area contributed by atoms with Crippen LogP contribution >= 0.6 is 0 Å². The molecule has 154 valence electrons. The first-order valence-corrected chi connectivity index (χ1v) is 10.3. The molecule has 0 unspecified atom stereocenters. The predicted octanol–water partition coefficient (Wildman–Crippen LogP) is 4.52. The van der Waals surface area contributed by atoms with Gasteiger partial charge in [0.25, 0.3) is 0 Å². The summed E-state index contributed by atoms with van der Waals surface area (Å²) in [6.07, 6.45) is 1.59. The van der Waals surface area contributed by atoms with E-state index in [1.165, 1.54) is 5.56 Å². The van der Waals surface area contributed by atoms with Gasteiger partial charge < -0.3 is 14.6 Å². The van der Waals surface area contributed by atoms with Crippen LogP contribution in [0.2, 0.25) is 0 Å². The number of imidazole rings is 1. The Bertz CT molecular complexity index is 952. The van der Waals surface area contributed by atoms with Crippen molar-refractivity contribution in [2.45, 2.75) is 47.1 Å². The van der Waals surface area contributed by atoms with Gasteiger partial charge in [-0.1, -0.05) is 50.6 Å². The summed E-state index contributed by atoms with van der Waals surface area (Å²) in [4.78, 5) is 16.9. The molecule has 1 amide bonds. The molecule has 1 heterocycles. The largest absolute Gasteiger partial charge is 0.494 e. The highest BCUT2D eigenvalue weighted by molar-refractivity contribution is 5.81. The third-order valence-corrected chi connectivity index (χ3v) is 4.86. The molecule has 0 fully saturated rings. The van der Waals surface area contributed by atoms with E-state index < -0.39 is 0 Å². The minimum Gasteiger partial charge on any atom is -0.494 e. The fraction of sp³-hybridized carbons (Fsp3) is 0.417. The Morgan fingerprint density at radius 1 is 1.10 bits per heavy atom. The van der Waals surface area contributed by atoms with Gasteiger partial charge in [-0.3, -0.25) is 4.79 Å². The SMILES string of the molecule is Cc1ccc(OCCCn2c(CCNC(=O)C(C)(C)C)nc3ccccc32)cc1. The lowest BCUT2D eigenvalue weighted by atomic mass is 9.96. The van der Waals surface area contributed by atoms with Crippen LogP contribution in [0.25, 0.3) is 11.0 Å².